The van der Waals surface area contributed by atoms with Gasteiger partial charge in [0.25, 0.3) is 0 Å². The topological polar surface area (TPSA) is 59.1 Å². The van der Waals surface area contributed by atoms with Gasteiger partial charge >= 0.3 is 0 Å². The molecule has 1 N–H and O–H groups in total. The maximum atomic E-state index is 12.8. The zero-order valence-corrected chi connectivity index (χ0v) is 17.6. The molecule has 4 rings (SSSR count). The monoisotopic (exact) mass is 396 g/mol. The van der Waals surface area contributed by atoms with Crippen molar-refractivity contribution in [3.05, 3.63) is 35.2 Å². The number of ketones is 1. The number of amides is 1. The molecule has 0 radical (unpaired) electrons. The third-order valence-electron chi connectivity index (χ3n) is 6.20. The van der Waals surface area contributed by atoms with Crippen LogP contribution in [0.15, 0.2) is 29.6 Å². The zero-order valence-electron chi connectivity index (χ0n) is 16.8. The number of Topliss-reactive ketones (excluding diaryl/α,β-unsaturated/α-hetero) is 1. The number of hydrogen-bond acceptors (Lipinski definition) is 4. The molecule has 0 spiro atoms. The Kier molecular flexibility index (Phi) is 5.13. The van der Waals surface area contributed by atoms with Crippen LogP contribution in [0.25, 0.3) is 11.3 Å². The van der Waals surface area contributed by atoms with Crippen molar-refractivity contribution in [2.45, 2.75) is 58.3 Å². The van der Waals surface area contributed by atoms with E-state index in [9.17, 15) is 9.59 Å². The van der Waals surface area contributed by atoms with Crippen molar-refractivity contribution in [3.8, 4) is 11.3 Å². The van der Waals surface area contributed by atoms with Crippen LogP contribution in [0.5, 0.6) is 0 Å². The van der Waals surface area contributed by atoms with Gasteiger partial charge in [0, 0.05) is 28.7 Å². The van der Waals surface area contributed by atoms with E-state index < -0.39 is 0 Å². The molecule has 0 saturated heterocycles. The van der Waals surface area contributed by atoms with E-state index >= 15 is 0 Å². The molecule has 4 nitrogen and oxygen atoms in total. The second-order valence-electron chi connectivity index (χ2n) is 9.25. The molecular weight excluding hydrogens is 368 g/mol. The van der Waals surface area contributed by atoms with Crippen molar-refractivity contribution in [1.82, 2.24) is 4.98 Å². The lowest BCUT2D eigenvalue weighted by Crippen LogP contribution is -2.40. The van der Waals surface area contributed by atoms with Crippen LogP contribution in [-0.2, 0) is 15.0 Å². The summed E-state index contributed by atoms with van der Waals surface area (Å²) >= 11 is 1.46. The maximum Gasteiger partial charge on any atom is 0.229 e. The number of fused-ring (bicyclic) bond motifs is 2. The van der Waals surface area contributed by atoms with E-state index in [4.69, 9.17) is 0 Å². The molecular formula is C23H28N2O2S. The van der Waals surface area contributed by atoms with Crippen LogP contribution < -0.4 is 5.32 Å². The maximum absolute atomic E-state index is 12.8. The molecule has 1 amide bonds. The van der Waals surface area contributed by atoms with Crippen LogP contribution in [0.2, 0.25) is 0 Å². The Morgan fingerprint density at radius 2 is 1.75 bits per heavy atom. The predicted octanol–water partition coefficient (Wildman–Crippen LogP) is 5.44. The van der Waals surface area contributed by atoms with Crippen molar-refractivity contribution in [2.75, 3.05) is 5.32 Å². The number of carbonyl (C=O) groups is 2. The van der Waals surface area contributed by atoms with Crippen molar-refractivity contribution >= 4 is 28.2 Å². The molecule has 2 atom stereocenters. The summed E-state index contributed by atoms with van der Waals surface area (Å²) in [6, 6.07) is 8.47. The Bertz CT molecular complexity index is 863. The minimum atomic E-state index is -0.0635. The molecule has 1 aromatic carbocycles. The molecule has 2 fully saturated rings. The standard InChI is InChI=1S/C23H28N2O2S/c1-23(2,3)18-9-7-14(8-10-18)19-13-28-22(24-19)25-21(27)17-11-15-5-4-6-16(12-17)20(15)26/h7-10,13,15-17H,4-6,11-12H2,1-3H3,(H,24,25,27). The van der Waals surface area contributed by atoms with Gasteiger partial charge in [0.15, 0.2) is 5.13 Å². The van der Waals surface area contributed by atoms with E-state index in [1.807, 2.05) is 5.38 Å². The Morgan fingerprint density at radius 1 is 1.11 bits per heavy atom. The summed E-state index contributed by atoms with van der Waals surface area (Å²) in [6.07, 6.45) is 4.43. The summed E-state index contributed by atoms with van der Waals surface area (Å²) in [5.74, 6) is 0.540. The second-order valence-corrected chi connectivity index (χ2v) is 10.1. The minimum Gasteiger partial charge on any atom is -0.302 e. The first-order valence-electron chi connectivity index (χ1n) is 10.2. The Hall–Kier alpha value is -2.01. The number of nitrogens with one attached hydrogen (secondary N) is 1. The lowest BCUT2D eigenvalue weighted by atomic mass is 9.67. The lowest BCUT2D eigenvalue weighted by molar-refractivity contribution is -0.136. The number of benzene rings is 1. The first-order valence-corrected chi connectivity index (χ1v) is 11.1. The smallest absolute Gasteiger partial charge is 0.229 e. The van der Waals surface area contributed by atoms with Gasteiger partial charge in [-0.1, -0.05) is 51.5 Å². The molecule has 2 aliphatic rings. The number of thiazole rings is 1. The van der Waals surface area contributed by atoms with E-state index in [-0.39, 0.29) is 29.1 Å². The van der Waals surface area contributed by atoms with Crippen LogP contribution in [-0.4, -0.2) is 16.7 Å². The largest absolute Gasteiger partial charge is 0.302 e. The van der Waals surface area contributed by atoms with Gasteiger partial charge in [-0.3, -0.25) is 9.59 Å². The number of hydrogen-bond donors (Lipinski definition) is 1. The second kappa shape index (κ2) is 7.43. The third-order valence-corrected chi connectivity index (χ3v) is 6.96. The molecule has 0 aliphatic heterocycles. The highest BCUT2D eigenvalue weighted by Gasteiger charge is 2.41. The number of carbonyl (C=O) groups excluding carboxylic acids is 2. The summed E-state index contributed by atoms with van der Waals surface area (Å²) in [7, 11) is 0. The molecule has 5 heteroatoms. The molecule has 1 heterocycles. The number of nitrogens with zero attached hydrogens (tertiary/aromatic N) is 1. The minimum absolute atomic E-state index is 0.0216. The van der Waals surface area contributed by atoms with E-state index in [0.29, 0.717) is 23.8 Å². The van der Waals surface area contributed by atoms with Crippen LogP contribution in [0.1, 0.15) is 58.4 Å². The summed E-state index contributed by atoms with van der Waals surface area (Å²) in [4.78, 5) is 29.6. The van der Waals surface area contributed by atoms with Crippen molar-refractivity contribution in [3.63, 3.8) is 0 Å². The van der Waals surface area contributed by atoms with Crippen LogP contribution in [0.4, 0.5) is 5.13 Å². The fourth-order valence-electron chi connectivity index (χ4n) is 4.51. The van der Waals surface area contributed by atoms with E-state index in [1.54, 1.807) is 0 Å². The molecule has 2 aliphatic carbocycles. The average molecular weight is 397 g/mol. The van der Waals surface area contributed by atoms with Gasteiger partial charge in [0.1, 0.15) is 5.78 Å². The van der Waals surface area contributed by atoms with Gasteiger partial charge in [-0.25, -0.2) is 4.98 Å². The Morgan fingerprint density at radius 3 is 2.36 bits per heavy atom. The Labute approximate surface area is 170 Å². The van der Waals surface area contributed by atoms with Gasteiger partial charge in [-0.2, -0.15) is 0 Å². The van der Waals surface area contributed by atoms with Crippen LogP contribution >= 0.6 is 11.3 Å². The fourth-order valence-corrected chi connectivity index (χ4v) is 5.23. The van der Waals surface area contributed by atoms with Gasteiger partial charge in [-0.05, 0) is 36.7 Å². The van der Waals surface area contributed by atoms with Crippen molar-refractivity contribution < 1.29 is 9.59 Å². The summed E-state index contributed by atoms with van der Waals surface area (Å²) in [5, 5.41) is 5.63. The number of anilines is 1. The predicted molar refractivity (Wildman–Crippen MR) is 113 cm³/mol. The van der Waals surface area contributed by atoms with Crippen LogP contribution in [0, 0.1) is 17.8 Å². The van der Waals surface area contributed by atoms with Gasteiger partial charge in [-0.15, -0.1) is 11.3 Å². The highest BCUT2D eigenvalue weighted by Crippen LogP contribution is 2.40. The molecule has 2 unspecified atom stereocenters. The quantitative estimate of drug-likeness (QED) is 0.751. The van der Waals surface area contributed by atoms with Gasteiger partial charge in [0.05, 0.1) is 5.69 Å². The number of rotatable bonds is 3. The van der Waals surface area contributed by atoms with E-state index in [2.05, 4.69) is 55.3 Å². The zero-order chi connectivity index (χ0) is 19.9. The normalized spacial score (nSPS) is 24.8. The summed E-state index contributed by atoms with van der Waals surface area (Å²) in [5.41, 5.74) is 3.36. The molecule has 1 aromatic heterocycles. The SMILES string of the molecule is CC(C)(C)c1ccc(-c2csc(NC(=O)C3CC4CCCC(C3)C4=O)n2)cc1. The average Bonchev–Trinajstić information content (AvgIpc) is 3.09. The van der Waals surface area contributed by atoms with Gasteiger partial charge in [0.2, 0.25) is 5.91 Å². The molecule has 28 heavy (non-hydrogen) atoms. The molecule has 2 bridgehead atoms. The molecule has 2 saturated carbocycles. The number of aromatic nitrogens is 1. The summed E-state index contributed by atoms with van der Waals surface area (Å²) in [6.45, 7) is 6.60. The van der Waals surface area contributed by atoms with Crippen molar-refractivity contribution in [2.24, 2.45) is 17.8 Å². The van der Waals surface area contributed by atoms with Crippen LogP contribution in [0.3, 0.4) is 0 Å². The third kappa shape index (κ3) is 3.90. The Balaban J connectivity index is 1.42. The molecule has 2 aromatic rings. The van der Waals surface area contributed by atoms with Gasteiger partial charge < -0.3 is 5.32 Å². The van der Waals surface area contributed by atoms with Crippen molar-refractivity contribution in [1.29, 1.82) is 0 Å². The fraction of sp³-hybridized carbons (Fsp3) is 0.522. The first kappa shape index (κ1) is 19.3. The molecule has 148 valence electrons. The van der Waals surface area contributed by atoms with E-state index in [0.717, 1.165) is 30.5 Å². The highest BCUT2D eigenvalue weighted by atomic mass is 32.1. The first-order chi connectivity index (χ1) is 13.3. The summed E-state index contributed by atoms with van der Waals surface area (Å²) < 4.78 is 0. The lowest BCUT2D eigenvalue weighted by Gasteiger charge is -2.36. The van der Waals surface area contributed by atoms with E-state index in [1.165, 1.54) is 16.9 Å². The highest BCUT2D eigenvalue weighted by molar-refractivity contribution is 7.14.